The summed E-state index contributed by atoms with van der Waals surface area (Å²) in [5.74, 6) is 1.75. The minimum Gasteiger partial charge on any atom is -0.392 e. The van der Waals surface area contributed by atoms with Gasteiger partial charge in [0.25, 0.3) is 0 Å². The fourth-order valence-corrected chi connectivity index (χ4v) is 8.18. The molecular formula is C26H41N3O. The first kappa shape index (κ1) is 20.8. The molecule has 1 N–H and O–H groups in total. The van der Waals surface area contributed by atoms with E-state index >= 15 is 0 Å². The van der Waals surface area contributed by atoms with Crippen LogP contribution in [0.2, 0.25) is 0 Å². The number of nitrogens with zero attached hydrogens (tertiary/aromatic N) is 3. The van der Waals surface area contributed by atoms with E-state index in [1.54, 1.807) is 0 Å². The Morgan fingerprint density at radius 2 is 1.90 bits per heavy atom. The lowest BCUT2D eigenvalue weighted by atomic mass is 9.67. The molecule has 30 heavy (non-hydrogen) atoms. The molecule has 8 atom stereocenters. The van der Waals surface area contributed by atoms with Crippen molar-refractivity contribution in [3.63, 3.8) is 0 Å². The van der Waals surface area contributed by atoms with Gasteiger partial charge in [-0.3, -0.25) is 4.90 Å². The van der Waals surface area contributed by atoms with Crippen molar-refractivity contribution in [1.82, 2.24) is 9.80 Å². The molecule has 4 aliphatic rings. The second-order valence-corrected chi connectivity index (χ2v) is 10.5. The first-order chi connectivity index (χ1) is 14.5. The number of para-hydroxylation sites is 1. The van der Waals surface area contributed by atoms with Crippen LogP contribution in [0, 0.1) is 17.8 Å². The second-order valence-electron chi connectivity index (χ2n) is 10.5. The number of fused-ring (bicyclic) bond motifs is 3. The Hall–Kier alpha value is -1.10. The van der Waals surface area contributed by atoms with Gasteiger partial charge in [0.05, 0.1) is 12.1 Å². The average molecular weight is 412 g/mol. The largest absolute Gasteiger partial charge is 0.392 e. The molecule has 4 nitrogen and oxygen atoms in total. The maximum atomic E-state index is 12.0. The van der Waals surface area contributed by atoms with Crippen molar-refractivity contribution in [1.29, 1.82) is 0 Å². The highest BCUT2D eigenvalue weighted by molar-refractivity contribution is 5.67. The predicted molar refractivity (Wildman–Crippen MR) is 124 cm³/mol. The fourth-order valence-electron chi connectivity index (χ4n) is 8.18. The third-order valence-corrected chi connectivity index (χ3v) is 9.78. The van der Waals surface area contributed by atoms with Crippen LogP contribution >= 0.6 is 0 Å². The van der Waals surface area contributed by atoms with E-state index in [0.717, 1.165) is 32.6 Å². The summed E-state index contributed by atoms with van der Waals surface area (Å²) >= 11 is 0. The van der Waals surface area contributed by atoms with Crippen LogP contribution in [0.5, 0.6) is 0 Å². The highest BCUT2D eigenvalue weighted by Crippen LogP contribution is 2.66. The standard InChI is InChI=1S/C26H41N3O/c1-6-17(4)18-15-21-24-26(19-11-9-10-12-20(19)27(24)5)16-22(23(18)25(26)30)29(21)14-13-28(7-2)8-3/h9-12,17-18,21-25,30H,6-8,13-16H2,1-5H3. The third kappa shape index (κ3) is 2.56. The molecule has 1 aromatic rings. The minimum atomic E-state index is -0.221. The van der Waals surface area contributed by atoms with Gasteiger partial charge in [0.1, 0.15) is 0 Å². The quantitative estimate of drug-likeness (QED) is 0.743. The summed E-state index contributed by atoms with van der Waals surface area (Å²) in [6.45, 7) is 13.9. The van der Waals surface area contributed by atoms with Crippen molar-refractivity contribution >= 4 is 5.69 Å². The molecule has 3 heterocycles. The van der Waals surface area contributed by atoms with E-state index in [4.69, 9.17) is 0 Å². The second kappa shape index (κ2) is 7.50. The van der Waals surface area contributed by atoms with Crippen molar-refractivity contribution in [3.05, 3.63) is 29.8 Å². The molecule has 1 aliphatic carbocycles. The average Bonchev–Trinajstić information content (AvgIpc) is 3.14. The zero-order valence-electron chi connectivity index (χ0n) is 19.6. The molecule has 1 aromatic carbocycles. The summed E-state index contributed by atoms with van der Waals surface area (Å²) in [4.78, 5) is 7.95. The zero-order chi connectivity index (χ0) is 21.2. The van der Waals surface area contributed by atoms with E-state index in [1.165, 1.54) is 24.1 Å². The van der Waals surface area contributed by atoms with Crippen molar-refractivity contribution in [2.45, 2.75) is 76.6 Å². The van der Waals surface area contributed by atoms with Crippen molar-refractivity contribution in [2.75, 3.05) is 38.1 Å². The maximum Gasteiger partial charge on any atom is 0.0704 e. The van der Waals surface area contributed by atoms with Gasteiger partial charge in [0.2, 0.25) is 0 Å². The predicted octanol–water partition coefficient (Wildman–Crippen LogP) is 3.58. The van der Waals surface area contributed by atoms with Crippen molar-refractivity contribution < 1.29 is 5.11 Å². The van der Waals surface area contributed by atoms with Crippen LogP contribution in [-0.4, -0.2) is 72.4 Å². The first-order valence-corrected chi connectivity index (χ1v) is 12.5. The molecule has 8 unspecified atom stereocenters. The Morgan fingerprint density at radius 1 is 1.17 bits per heavy atom. The number of benzene rings is 1. The van der Waals surface area contributed by atoms with Gasteiger partial charge in [-0.1, -0.05) is 52.3 Å². The molecule has 5 rings (SSSR count). The van der Waals surface area contributed by atoms with E-state index in [1.807, 2.05) is 0 Å². The van der Waals surface area contributed by atoms with Crippen LogP contribution in [0.25, 0.3) is 0 Å². The van der Waals surface area contributed by atoms with Crippen LogP contribution < -0.4 is 4.90 Å². The number of aliphatic hydroxyl groups is 1. The first-order valence-electron chi connectivity index (χ1n) is 12.5. The lowest BCUT2D eigenvalue weighted by molar-refractivity contribution is -0.0374. The monoisotopic (exact) mass is 411 g/mol. The van der Waals surface area contributed by atoms with Gasteiger partial charge in [0.15, 0.2) is 0 Å². The number of piperidine rings is 2. The van der Waals surface area contributed by atoms with E-state index in [9.17, 15) is 5.11 Å². The van der Waals surface area contributed by atoms with E-state index in [2.05, 4.69) is 73.7 Å². The van der Waals surface area contributed by atoms with Crippen LogP contribution in [0.4, 0.5) is 5.69 Å². The smallest absolute Gasteiger partial charge is 0.0704 e. The van der Waals surface area contributed by atoms with Crippen LogP contribution in [0.1, 0.15) is 52.5 Å². The molecule has 0 radical (unpaired) electrons. The summed E-state index contributed by atoms with van der Waals surface area (Å²) in [6.07, 6.45) is 3.38. The Kier molecular flexibility index (Phi) is 5.19. The zero-order valence-corrected chi connectivity index (χ0v) is 19.6. The molecule has 1 saturated carbocycles. The summed E-state index contributed by atoms with van der Waals surface area (Å²) < 4.78 is 0. The van der Waals surface area contributed by atoms with Crippen LogP contribution in [0.3, 0.4) is 0 Å². The lowest BCUT2D eigenvalue weighted by Crippen LogP contribution is -2.66. The highest BCUT2D eigenvalue weighted by atomic mass is 16.3. The topological polar surface area (TPSA) is 30.0 Å². The SMILES string of the molecule is CCC(C)C1CC2C3N(C)c4ccccc4C34CC(C1C4O)N2CCN(CC)CC. The fraction of sp³-hybridized carbons (Fsp3) is 0.769. The molecule has 3 aliphatic heterocycles. The number of anilines is 1. The highest BCUT2D eigenvalue weighted by Gasteiger charge is 2.72. The lowest BCUT2D eigenvalue weighted by Gasteiger charge is -2.55. The molecular weight excluding hydrogens is 370 g/mol. The third-order valence-electron chi connectivity index (χ3n) is 9.78. The number of likely N-dealkylation sites (N-methyl/N-ethyl adjacent to an activating group) is 2. The van der Waals surface area contributed by atoms with Gasteiger partial charge in [-0.25, -0.2) is 0 Å². The number of rotatable bonds is 7. The van der Waals surface area contributed by atoms with Crippen molar-refractivity contribution in [3.8, 4) is 0 Å². The Balaban J connectivity index is 1.57. The maximum absolute atomic E-state index is 12.0. The Labute approximate surface area is 183 Å². The number of aliphatic hydroxyl groups excluding tert-OH is 1. The molecule has 3 bridgehead atoms. The van der Waals surface area contributed by atoms with Crippen LogP contribution in [0.15, 0.2) is 24.3 Å². The molecule has 0 amide bonds. The molecule has 0 aromatic heterocycles. The van der Waals surface area contributed by atoms with Gasteiger partial charge in [-0.05, 0) is 49.4 Å². The molecule has 1 spiro atoms. The number of hydrogen-bond acceptors (Lipinski definition) is 4. The molecule has 166 valence electrons. The summed E-state index contributed by atoms with van der Waals surface area (Å²) in [5, 5.41) is 12.0. The van der Waals surface area contributed by atoms with E-state index in [-0.39, 0.29) is 11.5 Å². The van der Waals surface area contributed by atoms with Gasteiger partial charge in [-0.15, -0.1) is 0 Å². The van der Waals surface area contributed by atoms with Crippen LogP contribution in [-0.2, 0) is 5.41 Å². The van der Waals surface area contributed by atoms with Gasteiger partial charge in [0, 0.05) is 49.2 Å². The minimum absolute atomic E-state index is 0.0702. The van der Waals surface area contributed by atoms with E-state index in [0.29, 0.717) is 35.9 Å². The number of hydrogen-bond donors (Lipinski definition) is 1. The normalized spacial score (nSPS) is 40.2. The van der Waals surface area contributed by atoms with Gasteiger partial charge < -0.3 is 14.9 Å². The summed E-state index contributed by atoms with van der Waals surface area (Å²) in [7, 11) is 2.29. The summed E-state index contributed by atoms with van der Waals surface area (Å²) in [5.41, 5.74) is 2.72. The molecule has 2 saturated heterocycles. The van der Waals surface area contributed by atoms with E-state index < -0.39 is 0 Å². The Morgan fingerprint density at radius 3 is 2.60 bits per heavy atom. The molecule has 3 fully saturated rings. The molecule has 4 heteroatoms. The van der Waals surface area contributed by atoms with Gasteiger partial charge in [-0.2, -0.15) is 0 Å². The van der Waals surface area contributed by atoms with Crippen molar-refractivity contribution in [2.24, 2.45) is 17.8 Å². The Bertz CT molecular complexity index is 779. The summed E-state index contributed by atoms with van der Waals surface area (Å²) in [6, 6.07) is 10.4. The van der Waals surface area contributed by atoms with Gasteiger partial charge >= 0.3 is 0 Å².